The van der Waals surface area contributed by atoms with Crippen molar-refractivity contribution in [3.05, 3.63) is 29.3 Å². The molecule has 1 unspecified atom stereocenters. The average Bonchev–Trinajstić information content (AvgIpc) is 2.34. The van der Waals surface area contributed by atoms with Gasteiger partial charge in [0.1, 0.15) is 0 Å². The minimum absolute atomic E-state index is 0.0429. The Morgan fingerprint density at radius 1 is 1.61 bits per heavy atom. The van der Waals surface area contributed by atoms with Gasteiger partial charge < -0.3 is 15.2 Å². The SMILES string of the molecule is COC(CNc1ccc(C#N)c(C)c1)CC(=O)O. The molecule has 5 heteroatoms. The molecular formula is C13H16N2O3. The number of carbonyl (C=O) groups is 1. The van der Waals surface area contributed by atoms with E-state index in [4.69, 9.17) is 15.1 Å². The van der Waals surface area contributed by atoms with Crippen LogP contribution in [-0.4, -0.2) is 30.8 Å². The van der Waals surface area contributed by atoms with E-state index in [0.29, 0.717) is 12.1 Å². The molecule has 1 aromatic rings. The smallest absolute Gasteiger partial charge is 0.306 e. The Bertz CT molecular complexity index is 466. The summed E-state index contributed by atoms with van der Waals surface area (Å²) in [5.74, 6) is -0.889. The van der Waals surface area contributed by atoms with Gasteiger partial charge in [0, 0.05) is 19.3 Å². The molecule has 0 radical (unpaired) electrons. The molecule has 0 aliphatic rings. The lowest BCUT2D eigenvalue weighted by Gasteiger charge is -2.15. The van der Waals surface area contributed by atoms with Crippen molar-refractivity contribution in [1.29, 1.82) is 5.26 Å². The zero-order valence-electron chi connectivity index (χ0n) is 10.4. The first-order valence-electron chi connectivity index (χ1n) is 5.56. The minimum Gasteiger partial charge on any atom is -0.481 e. The summed E-state index contributed by atoms with van der Waals surface area (Å²) in [7, 11) is 1.49. The number of nitrogens with one attached hydrogen (secondary N) is 1. The summed E-state index contributed by atoms with van der Waals surface area (Å²) in [5, 5.41) is 20.6. The second-order valence-corrected chi connectivity index (χ2v) is 3.98. The number of aryl methyl sites for hydroxylation is 1. The highest BCUT2D eigenvalue weighted by atomic mass is 16.5. The van der Waals surface area contributed by atoms with Crippen molar-refractivity contribution in [2.24, 2.45) is 0 Å². The van der Waals surface area contributed by atoms with Gasteiger partial charge in [-0.15, -0.1) is 0 Å². The molecule has 2 N–H and O–H groups in total. The van der Waals surface area contributed by atoms with Crippen molar-refractivity contribution in [1.82, 2.24) is 0 Å². The molecule has 96 valence electrons. The molecule has 1 aromatic carbocycles. The second-order valence-electron chi connectivity index (χ2n) is 3.98. The molecule has 0 aliphatic carbocycles. The maximum absolute atomic E-state index is 10.6. The summed E-state index contributed by atoms with van der Waals surface area (Å²) in [6.07, 6.45) is -0.419. The van der Waals surface area contributed by atoms with Crippen molar-refractivity contribution >= 4 is 11.7 Å². The van der Waals surface area contributed by atoms with E-state index in [-0.39, 0.29) is 12.5 Å². The Balaban J connectivity index is 2.60. The summed E-state index contributed by atoms with van der Waals surface area (Å²) >= 11 is 0. The number of benzene rings is 1. The fraction of sp³-hybridized carbons (Fsp3) is 0.385. The zero-order valence-corrected chi connectivity index (χ0v) is 10.4. The van der Waals surface area contributed by atoms with Crippen LogP contribution in [0.1, 0.15) is 17.5 Å². The van der Waals surface area contributed by atoms with Crippen LogP contribution >= 0.6 is 0 Å². The molecule has 0 bridgehead atoms. The van der Waals surface area contributed by atoms with Gasteiger partial charge in [0.05, 0.1) is 24.2 Å². The van der Waals surface area contributed by atoms with E-state index in [0.717, 1.165) is 11.3 Å². The lowest BCUT2D eigenvalue weighted by molar-refractivity contribution is -0.139. The van der Waals surface area contributed by atoms with E-state index in [1.54, 1.807) is 12.1 Å². The molecule has 18 heavy (non-hydrogen) atoms. The van der Waals surface area contributed by atoms with Crippen LogP contribution in [0.25, 0.3) is 0 Å². The quantitative estimate of drug-likeness (QED) is 0.801. The van der Waals surface area contributed by atoms with Crippen LogP contribution in [0.2, 0.25) is 0 Å². The molecule has 0 aromatic heterocycles. The Morgan fingerprint density at radius 3 is 2.83 bits per heavy atom. The van der Waals surface area contributed by atoms with Crippen LogP contribution in [0.15, 0.2) is 18.2 Å². The number of nitrogens with zero attached hydrogens (tertiary/aromatic N) is 1. The Hall–Kier alpha value is -2.06. The number of hydrogen-bond acceptors (Lipinski definition) is 4. The van der Waals surface area contributed by atoms with Crippen molar-refractivity contribution in [2.45, 2.75) is 19.4 Å². The monoisotopic (exact) mass is 248 g/mol. The van der Waals surface area contributed by atoms with E-state index in [1.165, 1.54) is 7.11 Å². The summed E-state index contributed by atoms with van der Waals surface area (Å²) in [6.45, 7) is 2.27. The van der Waals surface area contributed by atoms with Crippen LogP contribution in [0.5, 0.6) is 0 Å². The Labute approximate surface area is 106 Å². The Kier molecular flexibility index (Phi) is 5.15. The van der Waals surface area contributed by atoms with Crippen molar-refractivity contribution in [2.75, 3.05) is 19.0 Å². The standard InChI is InChI=1S/C13H16N2O3/c1-9-5-11(4-3-10(9)7-14)15-8-12(18-2)6-13(16)17/h3-5,12,15H,6,8H2,1-2H3,(H,16,17). The number of hydrogen-bond donors (Lipinski definition) is 2. The predicted molar refractivity (Wildman–Crippen MR) is 67.4 cm³/mol. The Morgan fingerprint density at radius 2 is 2.33 bits per heavy atom. The van der Waals surface area contributed by atoms with Gasteiger partial charge in [-0.25, -0.2) is 0 Å². The van der Waals surface area contributed by atoms with Crippen LogP contribution < -0.4 is 5.32 Å². The number of rotatable bonds is 6. The summed E-state index contributed by atoms with van der Waals surface area (Å²) in [6, 6.07) is 7.47. The van der Waals surface area contributed by atoms with Crippen LogP contribution in [0.3, 0.4) is 0 Å². The minimum atomic E-state index is -0.889. The molecule has 0 saturated heterocycles. The number of anilines is 1. The first kappa shape index (κ1) is 14.0. The summed E-state index contributed by atoms with van der Waals surface area (Å²) < 4.78 is 5.06. The fourth-order valence-corrected chi connectivity index (χ4v) is 1.56. The van der Waals surface area contributed by atoms with E-state index in [2.05, 4.69) is 11.4 Å². The lowest BCUT2D eigenvalue weighted by Crippen LogP contribution is -2.25. The molecule has 0 saturated carbocycles. The van der Waals surface area contributed by atoms with E-state index >= 15 is 0 Å². The van der Waals surface area contributed by atoms with Crippen molar-refractivity contribution in [3.8, 4) is 6.07 Å². The van der Waals surface area contributed by atoms with Gasteiger partial charge in [0.15, 0.2) is 0 Å². The molecule has 0 heterocycles. The van der Waals surface area contributed by atoms with Gasteiger partial charge in [-0.1, -0.05) is 0 Å². The van der Waals surface area contributed by atoms with Crippen LogP contribution in [0.4, 0.5) is 5.69 Å². The zero-order chi connectivity index (χ0) is 13.5. The lowest BCUT2D eigenvalue weighted by atomic mass is 10.1. The number of carboxylic acids is 1. The maximum Gasteiger partial charge on any atom is 0.306 e. The van der Waals surface area contributed by atoms with E-state index in [9.17, 15) is 4.79 Å². The van der Waals surface area contributed by atoms with Gasteiger partial charge in [-0.3, -0.25) is 4.79 Å². The molecule has 0 aliphatic heterocycles. The number of carboxylic acid groups (broad SMARTS) is 1. The number of nitriles is 1. The average molecular weight is 248 g/mol. The van der Waals surface area contributed by atoms with Crippen molar-refractivity contribution in [3.63, 3.8) is 0 Å². The largest absolute Gasteiger partial charge is 0.481 e. The maximum atomic E-state index is 10.6. The van der Waals surface area contributed by atoms with Crippen LogP contribution in [-0.2, 0) is 9.53 Å². The molecule has 0 spiro atoms. The van der Waals surface area contributed by atoms with Crippen LogP contribution in [0, 0.1) is 18.3 Å². The highest BCUT2D eigenvalue weighted by Gasteiger charge is 2.11. The third-order valence-electron chi connectivity index (χ3n) is 2.62. The van der Waals surface area contributed by atoms with Gasteiger partial charge in [0.2, 0.25) is 0 Å². The van der Waals surface area contributed by atoms with E-state index < -0.39 is 5.97 Å². The summed E-state index contributed by atoms with van der Waals surface area (Å²) in [4.78, 5) is 10.6. The van der Waals surface area contributed by atoms with Crippen molar-refractivity contribution < 1.29 is 14.6 Å². The third kappa shape index (κ3) is 4.07. The molecule has 1 rings (SSSR count). The predicted octanol–water partition coefficient (Wildman–Crippen LogP) is 1.77. The first-order chi connectivity index (χ1) is 8.56. The second kappa shape index (κ2) is 6.62. The first-order valence-corrected chi connectivity index (χ1v) is 5.56. The topological polar surface area (TPSA) is 82.3 Å². The third-order valence-corrected chi connectivity index (χ3v) is 2.62. The molecule has 0 amide bonds. The molecular weight excluding hydrogens is 232 g/mol. The number of methoxy groups -OCH3 is 1. The van der Waals surface area contributed by atoms with Gasteiger partial charge in [-0.2, -0.15) is 5.26 Å². The highest BCUT2D eigenvalue weighted by Crippen LogP contribution is 2.14. The molecule has 1 atom stereocenters. The van der Waals surface area contributed by atoms with Gasteiger partial charge in [-0.05, 0) is 30.7 Å². The fourth-order valence-electron chi connectivity index (χ4n) is 1.56. The van der Waals surface area contributed by atoms with Gasteiger partial charge >= 0.3 is 5.97 Å². The highest BCUT2D eigenvalue weighted by molar-refractivity contribution is 5.67. The molecule has 5 nitrogen and oxygen atoms in total. The number of aliphatic carboxylic acids is 1. The van der Waals surface area contributed by atoms with E-state index in [1.807, 2.05) is 13.0 Å². The normalized spacial score (nSPS) is 11.6. The summed E-state index contributed by atoms with van der Waals surface area (Å²) in [5.41, 5.74) is 2.36. The molecule has 0 fully saturated rings. The number of ether oxygens (including phenoxy) is 1. The van der Waals surface area contributed by atoms with Gasteiger partial charge in [0.25, 0.3) is 0 Å².